The first-order valence-electron chi connectivity index (χ1n) is 6.38. The molecule has 23 heavy (non-hydrogen) atoms. The predicted octanol–water partition coefficient (Wildman–Crippen LogP) is 4.10. The first-order valence-corrected chi connectivity index (χ1v) is 6.79. The summed E-state index contributed by atoms with van der Waals surface area (Å²) in [5, 5.41) is 10.7. The van der Waals surface area contributed by atoms with E-state index in [1.807, 2.05) is 0 Å². The highest BCUT2D eigenvalue weighted by Gasteiger charge is 2.29. The molecular weight excluding hydrogens is 329 g/mol. The van der Waals surface area contributed by atoms with Crippen molar-refractivity contribution in [1.29, 1.82) is 0 Å². The molecule has 0 bridgehead atoms. The van der Waals surface area contributed by atoms with Crippen LogP contribution in [0.4, 0.5) is 13.2 Å². The van der Waals surface area contributed by atoms with Gasteiger partial charge in [0.15, 0.2) is 5.76 Å². The summed E-state index contributed by atoms with van der Waals surface area (Å²) in [5.74, 6) is 0.824. The average molecular weight is 338 g/mol. The molecule has 0 radical (unpaired) electrons. The molecular formula is C14H9F3N4OS. The molecule has 1 N–H and O–H groups in total. The van der Waals surface area contributed by atoms with Crippen LogP contribution >= 0.6 is 12.2 Å². The zero-order valence-corrected chi connectivity index (χ0v) is 12.2. The number of hydrogen-bond acceptors (Lipinski definition) is 4. The maximum atomic E-state index is 12.5. The van der Waals surface area contributed by atoms with E-state index in [1.54, 1.807) is 12.1 Å². The molecule has 0 amide bonds. The molecule has 9 heteroatoms. The molecule has 0 saturated carbocycles. The summed E-state index contributed by atoms with van der Waals surface area (Å²) in [7, 11) is 0. The van der Waals surface area contributed by atoms with Gasteiger partial charge in [-0.2, -0.15) is 22.9 Å². The fraction of sp³-hybridized carbons (Fsp3) is 0.0714. The number of halogens is 3. The summed E-state index contributed by atoms with van der Waals surface area (Å²) in [6.07, 6.45) is -1.50. The zero-order valence-electron chi connectivity index (χ0n) is 11.4. The molecule has 0 atom stereocenters. The van der Waals surface area contributed by atoms with Crippen molar-refractivity contribution in [2.45, 2.75) is 6.18 Å². The minimum atomic E-state index is -4.37. The normalized spacial score (nSPS) is 12.1. The number of nitrogens with one attached hydrogen (secondary N) is 1. The Hall–Kier alpha value is -2.68. The van der Waals surface area contributed by atoms with Crippen molar-refractivity contribution in [2.24, 2.45) is 5.10 Å². The van der Waals surface area contributed by atoms with Gasteiger partial charge < -0.3 is 4.42 Å². The molecule has 0 spiro atoms. The van der Waals surface area contributed by atoms with Gasteiger partial charge in [0.2, 0.25) is 10.6 Å². The van der Waals surface area contributed by atoms with Crippen LogP contribution < -0.4 is 0 Å². The van der Waals surface area contributed by atoms with Crippen molar-refractivity contribution in [3.05, 3.63) is 58.6 Å². The number of nitrogens with zero attached hydrogens (tertiary/aromatic N) is 3. The van der Waals surface area contributed by atoms with Crippen LogP contribution in [0.15, 0.2) is 52.2 Å². The lowest BCUT2D eigenvalue weighted by Crippen LogP contribution is -2.04. The van der Waals surface area contributed by atoms with Gasteiger partial charge in [-0.05, 0) is 42.0 Å². The lowest BCUT2D eigenvalue weighted by molar-refractivity contribution is -0.137. The van der Waals surface area contributed by atoms with E-state index < -0.39 is 11.7 Å². The Balaban J connectivity index is 1.89. The molecule has 0 aliphatic rings. The molecule has 2 aromatic heterocycles. The van der Waals surface area contributed by atoms with Crippen LogP contribution in [0.3, 0.4) is 0 Å². The number of hydrogen-bond donors (Lipinski definition) is 1. The minimum Gasteiger partial charge on any atom is -0.461 e. The molecule has 5 nitrogen and oxygen atoms in total. The van der Waals surface area contributed by atoms with Gasteiger partial charge in [0.05, 0.1) is 18.0 Å². The Kier molecular flexibility index (Phi) is 3.87. The Morgan fingerprint density at radius 1 is 1.22 bits per heavy atom. The SMILES string of the molecule is FC(F)(F)c1ccc(C=Nn2c(-c3ccco3)n[nH]c2=S)cc1. The third-order valence-corrected chi connectivity index (χ3v) is 3.22. The third-order valence-electron chi connectivity index (χ3n) is 2.95. The second-order valence-corrected chi connectivity index (χ2v) is 4.89. The first kappa shape index (κ1) is 15.2. The van der Waals surface area contributed by atoms with Gasteiger partial charge in [-0.15, -0.1) is 5.10 Å². The van der Waals surface area contributed by atoms with Gasteiger partial charge >= 0.3 is 6.18 Å². The lowest BCUT2D eigenvalue weighted by atomic mass is 10.1. The molecule has 0 saturated heterocycles. The maximum Gasteiger partial charge on any atom is 0.416 e. The Labute approximate surface area is 133 Å². The van der Waals surface area contributed by atoms with Crippen molar-refractivity contribution in [3.8, 4) is 11.6 Å². The van der Waals surface area contributed by atoms with Crippen molar-refractivity contribution < 1.29 is 17.6 Å². The van der Waals surface area contributed by atoms with Gasteiger partial charge in [-0.1, -0.05) is 12.1 Å². The van der Waals surface area contributed by atoms with Gasteiger partial charge in [0.25, 0.3) is 0 Å². The second kappa shape index (κ2) is 5.84. The predicted molar refractivity (Wildman–Crippen MR) is 79.5 cm³/mol. The molecule has 3 aromatic rings. The van der Waals surface area contributed by atoms with Crippen LogP contribution in [0, 0.1) is 4.77 Å². The Morgan fingerprint density at radius 2 is 1.96 bits per heavy atom. The average Bonchev–Trinajstić information content (AvgIpc) is 3.14. The second-order valence-electron chi connectivity index (χ2n) is 4.51. The zero-order chi connectivity index (χ0) is 16.4. The van der Waals surface area contributed by atoms with Crippen LogP contribution in [0.2, 0.25) is 0 Å². The first-order chi connectivity index (χ1) is 10.9. The van der Waals surface area contributed by atoms with Crippen LogP contribution in [0.5, 0.6) is 0 Å². The standard InChI is InChI=1S/C14H9F3N4OS/c15-14(16,17)10-5-3-9(4-6-10)8-18-21-12(19-20-13(21)23)11-2-1-7-22-11/h1-8H,(H,20,23). The van der Waals surface area contributed by atoms with Crippen molar-refractivity contribution in [3.63, 3.8) is 0 Å². The van der Waals surface area contributed by atoms with Crippen molar-refractivity contribution in [2.75, 3.05) is 0 Å². The molecule has 1 aromatic carbocycles. The van der Waals surface area contributed by atoms with Crippen LogP contribution in [0.25, 0.3) is 11.6 Å². The van der Waals surface area contributed by atoms with E-state index in [0.717, 1.165) is 12.1 Å². The third kappa shape index (κ3) is 3.24. The number of aromatic nitrogens is 3. The largest absolute Gasteiger partial charge is 0.461 e. The van der Waals surface area contributed by atoms with Crippen LogP contribution in [-0.2, 0) is 6.18 Å². The van der Waals surface area contributed by atoms with E-state index in [-0.39, 0.29) is 4.77 Å². The highest BCUT2D eigenvalue weighted by atomic mass is 32.1. The number of H-pyrrole nitrogens is 1. The molecule has 0 aliphatic carbocycles. The molecule has 0 fully saturated rings. The van der Waals surface area contributed by atoms with E-state index in [9.17, 15) is 13.2 Å². The summed E-state index contributed by atoms with van der Waals surface area (Å²) in [6.45, 7) is 0. The smallest absolute Gasteiger partial charge is 0.416 e. The van der Waals surface area contributed by atoms with Crippen molar-refractivity contribution in [1.82, 2.24) is 14.9 Å². The van der Waals surface area contributed by atoms with Gasteiger partial charge in [0, 0.05) is 0 Å². The van der Waals surface area contributed by atoms with Crippen LogP contribution in [0.1, 0.15) is 11.1 Å². The van der Waals surface area contributed by atoms with E-state index in [1.165, 1.54) is 29.3 Å². The number of aromatic amines is 1. The van der Waals surface area contributed by atoms with E-state index in [0.29, 0.717) is 17.1 Å². The van der Waals surface area contributed by atoms with E-state index >= 15 is 0 Å². The molecule has 3 rings (SSSR count). The fourth-order valence-corrected chi connectivity index (χ4v) is 2.03. The number of benzene rings is 1. The van der Waals surface area contributed by atoms with Gasteiger partial charge in [-0.25, -0.2) is 5.10 Å². The lowest BCUT2D eigenvalue weighted by Gasteiger charge is -2.05. The van der Waals surface area contributed by atoms with Gasteiger partial charge in [-0.3, -0.25) is 0 Å². The fourth-order valence-electron chi connectivity index (χ4n) is 1.85. The monoisotopic (exact) mass is 338 g/mol. The highest BCUT2D eigenvalue weighted by Crippen LogP contribution is 2.28. The number of alkyl halides is 3. The van der Waals surface area contributed by atoms with Gasteiger partial charge in [0.1, 0.15) is 0 Å². The molecule has 0 aliphatic heterocycles. The topological polar surface area (TPSA) is 59.1 Å². The van der Waals surface area contributed by atoms with Crippen molar-refractivity contribution >= 4 is 18.4 Å². The summed E-state index contributed by atoms with van der Waals surface area (Å²) in [6, 6.07) is 8.00. The molecule has 0 unspecified atom stereocenters. The summed E-state index contributed by atoms with van der Waals surface area (Å²) in [4.78, 5) is 0. The quantitative estimate of drug-likeness (QED) is 0.578. The number of furan rings is 1. The number of rotatable bonds is 3. The maximum absolute atomic E-state index is 12.5. The summed E-state index contributed by atoms with van der Waals surface area (Å²) >= 11 is 5.07. The summed E-state index contributed by atoms with van der Waals surface area (Å²) in [5.41, 5.74) is -0.225. The highest BCUT2D eigenvalue weighted by molar-refractivity contribution is 7.71. The molecule has 2 heterocycles. The molecule has 118 valence electrons. The summed E-state index contributed by atoms with van der Waals surface area (Å²) < 4.78 is 44.3. The Morgan fingerprint density at radius 3 is 2.57 bits per heavy atom. The van der Waals surface area contributed by atoms with E-state index in [2.05, 4.69) is 15.3 Å². The Bertz CT molecular complexity index is 876. The van der Waals surface area contributed by atoms with Crippen LogP contribution in [-0.4, -0.2) is 21.1 Å². The van der Waals surface area contributed by atoms with E-state index in [4.69, 9.17) is 16.6 Å². The minimum absolute atomic E-state index is 0.236.